The Balaban J connectivity index is 1.46. The van der Waals surface area contributed by atoms with Crippen molar-refractivity contribution >= 4 is 33.5 Å². The van der Waals surface area contributed by atoms with E-state index in [9.17, 15) is 0 Å². The zero-order chi connectivity index (χ0) is 18.6. The monoisotopic (exact) mass is 377 g/mol. The molecule has 1 saturated carbocycles. The first-order valence-corrected chi connectivity index (χ1v) is 9.37. The van der Waals surface area contributed by atoms with Crippen molar-refractivity contribution in [3.63, 3.8) is 0 Å². The van der Waals surface area contributed by atoms with Crippen molar-refractivity contribution < 1.29 is 0 Å². The fourth-order valence-corrected chi connectivity index (χ4v) is 3.70. The third kappa shape index (κ3) is 2.89. The highest BCUT2D eigenvalue weighted by Gasteiger charge is 2.41. The number of aromatic amines is 2. The fraction of sp³-hybridized carbons (Fsp3) is 0.190. The maximum atomic E-state index is 6.57. The molecule has 1 fully saturated rings. The standard InChI is InChI=1S/C21H20ClN5/c1-12(21(23)4-5-21)25-11-14-7-13-8-16(22)15(9-18(13)26-14)19-10-20-17(27-19)3-2-6-24-20/h2-3,6-10,25-27H,1,4-5,11,23H2. The minimum atomic E-state index is -0.216. The normalized spacial score (nSPS) is 15.3. The van der Waals surface area contributed by atoms with E-state index in [0.29, 0.717) is 11.6 Å². The minimum absolute atomic E-state index is 0.216. The summed E-state index contributed by atoms with van der Waals surface area (Å²) in [6.45, 7) is 4.73. The molecule has 0 amide bonds. The molecule has 5 rings (SSSR count). The molecule has 0 saturated heterocycles. The molecule has 0 radical (unpaired) electrons. The highest BCUT2D eigenvalue weighted by molar-refractivity contribution is 6.34. The van der Waals surface area contributed by atoms with Crippen molar-refractivity contribution in [1.82, 2.24) is 20.3 Å². The molecular formula is C21H20ClN5. The molecule has 3 heterocycles. The molecule has 5 N–H and O–H groups in total. The van der Waals surface area contributed by atoms with Gasteiger partial charge in [-0.25, -0.2) is 0 Å². The Labute approximate surface area is 161 Å². The maximum Gasteiger partial charge on any atom is 0.0885 e. The van der Waals surface area contributed by atoms with Gasteiger partial charge in [0.05, 0.1) is 28.1 Å². The van der Waals surface area contributed by atoms with Gasteiger partial charge >= 0.3 is 0 Å². The molecule has 1 aliphatic rings. The van der Waals surface area contributed by atoms with Crippen LogP contribution in [-0.4, -0.2) is 20.5 Å². The topological polar surface area (TPSA) is 82.5 Å². The Bertz CT molecular complexity index is 1150. The molecule has 0 unspecified atom stereocenters. The van der Waals surface area contributed by atoms with E-state index in [4.69, 9.17) is 17.3 Å². The van der Waals surface area contributed by atoms with Crippen LogP contribution >= 0.6 is 11.6 Å². The number of nitrogens with two attached hydrogens (primary N) is 1. The number of aromatic nitrogens is 3. The summed E-state index contributed by atoms with van der Waals surface area (Å²) in [5.41, 5.74) is 12.8. The molecule has 1 aromatic carbocycles. The smallest absolute Gasteiger partial charge is 0.0885 e. The second kappa shape index (κ2) is 5.87. The number of nitrogens with one attached hydrogen (secondary N) is 3. The van der Waals surface area contributed by atoms with Gasteiger partial charge < -0.3 is 21.0 Å². The molecule has 27 heavy (non-hydrogen) atoms. The SMILES string of the molecule is C=C(NCc1cc2cc(Cl)c(-c3cc4ncccc4[nH]3)cc2[nH]1)C1(N)CC1. The first-order chi connectivity index (χ1) is 13.0. The van der Waals surface area contributed by atoms with Gasteiger partial charge in [-0.1, -0.05) is 18.2 Å². The Kier molecular flexibility index (Phi) is 3.57. The number of benzene rings is 1. The highest BCUT2D eigenvalue weighted by atomic mass is 35.5. The molecule has 5 nitrogen and oxygen atoms in total. The number of pyridine rings is 1. The Morgan fingerprint density at radius 3 is 2.85 bits per heavy atom. The zero-order valence-electron chi connectivity index (χ0n) is 14.8. The summed E-state index contributed by atoms with van der Waals surface area (Å²) in [5.74, 6) is 0. The van der Waals surface area contributed by atoms with Crippen molar-refractivity contribution in [3.05, 3.63) is 65.6 Å². The predicted octanol–water partition coefficient (Wildman–Crippen LogP) is 4.46. The first kappa shape index (κ1) is 16.4. The minimum Gasteiger partial charge on any atom is -0.382 e. The van der Waals surface area contributed by atoms with Gasteiger partial charge in [-0.2, -0.15) is 0 Å². The first-order valence-electron chi connectivity index (χ1n) is 8.99. The van der Waals surface area contributed by atoms with E-state index < -0.39 is 0 Å². The van der Waals surface area contributed by atoms with Crippen LogP contribution in [0.1, 0.15) is 18.5 Å². The van der Waals surface area contributed by atoms with Gasteiger partial charge in [-0.05, 0) is 49.2 Å². The maximum absolute atomic E-state index is 6.57. The third-order valence-electron chi connectivity index (χ3n) is 5.33. The number of fused-ring (bicyclic) bond motifs is 2. The number of rotatable bonds is 5. The third-order valence-corrected chi connectivity index (χ3v) is 5.64. The van der Waals surface area contributed by atoms with Gasteiger partial charge in [0.15, 0.2) is 0 Å². The van der Waals surface area contributed by atoms with Crippen LogP contribution in [0.4, 0.5) is 0 Å². The molecule has 0 atom stereocenters. The van der Waals surface area contributed by atoms with Crippen LogP contribution in [0.3, 0.4) is 0 Å². The van der Waals surface area contributed by atoms with E-state index in [1.807, 2.05) is 24.3 Å². The van der Waals surface area contributed by atoms with Gasteiger partial charge in [-0.15, -0.1) is 0 Å². The summed E-state index contributed by atoms with van der Waals surface area (Å²) < 4.78 is 0. The summed E-state index contributed by atoms with van der Waals surface area (Å²) in [6, 6.07) is 12.1. The number of nitrogens with zero attached hydrogens (tertiary/aromatic N) is 1. The number of halogens is 1. The molecule has 6 heteroatoms. The number of hydrogen-bond donors (Lipinski definition) is 4. The van der Waals surface area contributed by atoms with Crippen LogP contribution in [0.15, 0.2) is 54.9 Å². The lowest BCUT2D eigenvalue weighted by atomic mass is 10.1. The van der Waals surface area contributed by atoms with E-state index in [1.165, 1.54) is 0 Å². The van der Waals surface area contributed by atoms with Crippen molar-refractivity contribution in [2.24, 2.45) is 5.73 Å². The van der Waals surface area contributed by atoms with Crippen molar-refractivity contribution in [2.45, 2.75) is 24.9 Å². The van der Waals surface area contributed by atoms with E-state index >= 15 is 0 Å². The molecular weight excluding hydrogens is 358 g/mol. The van der Waals surface area contributed by atoms with Gasteiger partial charge in [0, 0.05) is 39.7 Å². The molecule has 1 aliphatic carbocycles. The number of hydrogen-bond acceptors (Lipinski definition) is 3. The van der Waals surface area contributed by atoms with Crippen molar-refractivity contribution in [3.8, 4) is 11.3 Å². The Hall–Kier alpha value is -2.76. The molecule has 4 aromatic rings. The Morgan fingerprint density at radius 2 is 2.07 bits per heavy atom. The molecule has 0 bridgehead atoms. The van der Waals surface area contributed by atoms with Crippen molar-refractivity contribution in [1.29, 1.82) is 0 Å². The van der Waals surface area contributed by atoms with Gasteiger partial charge in [0.1, 0.15) is 0 Å². The van der Waals surface area contributed by atoms with Crippen LogP contribution in [0.2, 0.25) is 5.02 Å². The predicted molar refractivity (Wildman–Crippen MR) is 111 cm³/mol. The average Bonchev–Trinajstić information content (AvgIpc) is 3.11. The van der Waals surface area contributed by atoms with Crippen molar-refractivity contribution in [2.75, 3.05) is 0 Å². The van der Waals surface area contributed by atoms with E-state index in [-0.39, 0.29) is 5.54 Å². The molecule has 0 aliphatic heterocycles. The number of H-pyrrole nitrogens is 2. The lowest BCUT2D eigenvalue weighted by Crippen LogP contribution is -2.32. The fourth-order valence-electron chi connectivity index (χ4n) is 3.43. The molecule has 0 spiro atoms. The Morgan fingerprint density at radius 1 is 1.22 bits per heavy atom. The lowest BCUT2D eigenvalue weighted by molar-refractivity contribution is 0.667. The van der Waals surface area contributed by atoms with Gasteiger partial charge in [0.25, 0.3) is 0 Å². The second-order valence-electron chi connectivity index (χ2n) is 7.32. The van der Waals surface area contributed by atoms with Gasteiger partial charge in [0.2, 0.25) is 0 Å². The van der Waals surface area contributed by atoms with Crippen LogP contribution < -0.4 is 11.1 Å². The van der Waals surface area contributed by atoms with E-state index in [2.05, 4.69) is 39.0 Å². The van der Waals surface area contributed by atoms with Crippen LogP contribution in [0.25, 0.3) is 33.2 Å². The quantitative estimate of drug-likeness (QED) is 0.414. The zero-order valence-corrected chi connectivity index (χ0v) is 15.5. The summed E-state index contributed by atoms with van der Waals surface area (Å²) in [6.07, 6.45) is 3.80. The van der Waals surface area contributed by atoms with Crippen LogP contribution in [0, 0.1) is 0 Å². The largest absolute Gasteiger partial charge is 0.382 e. The summed E-state index contributed by atoms with van der Waals surface area (Å²) in [7, 11) is 0. The lowest BCUT2D eigenvalue weighted by Gasteiger charge is -2.14. The average molecular weight is 378 g/mol. The second-order valence-corrected chi connectivity index (χ2v) is 7.73. The van der Waals surface area contributed by atoms with Gasteiger partial charge in [-0.3, -0.25) is 4.98 Å². The van der Waals surface area contributed by atoms with E-state index in [0.717, 1.165) is 57.4 Å². The van der Waals surface area contributed by atoms with Crippen LogP contribution in [-0.2, 0) is 6.54 Å². The summed E-state index contributed by atoms with van der Waals surface area (Å²) in [4.78, 5) is 11.2. The van der Waals surface area contributed by atoms with Crippen LogP contribution in [0.5, 0.6) is 0 Å². The molecule has 136 valence electrons. The summed E-state index contributed by atoms with van der Waals surface area (Å²) >= 11 is 6.57. The summed E-state index contributed by atoms with van der Waals surface area (Å²) in [5, 5.41) is 5.13. The highest BCUT2D eigenvalue weighted by Crippen LogP contribution is 2.37. The molecule has 3 aromatic heterocycles. The van der Waals surface area contributed by atoms with E-state index in [1.54, 1.807) is 6.20 Å².